The lowest BCUT2D eigenvalue weighted by Crippen LogP contribution is -2.38. The second-order valence-electron chi connectivity index (χ2n) is 5.25. The SMILES string of the molecule is COC1CCCN(Cc2cc(Cl)cc(C(C)=O)c2O)C1. The Morgan fingerprint density at radius 1 is 1.55 bits per heavy atom. The summed E-state index contributed by atoms with van der Waals surface area (Å²) in [6.07, 6.45) is 2.37. The van der Waals surface area contributed by atoms with E-state index in [4.69, 9.17) is 16.3 Å². The van der Waals surface area contributed by atoms with Crippen LogP contribution in [0.3, 0.4) is 0 Å². The highest BCUT2D eigenvalue weighted by Crippen LogP contribution is 2.29. The Morgan fingerprint density at radius 3 is 2.95 bits per heavy atom. The zero-order valence-corrected chi connectivity index (χ0v) is 12.6. The molecule has 1 unspecified atom stereocenters. The first-order valence-corrected chi connectivity index (χ1v) is 7.16. The predicted octanol–water partition coefficient (Wildman–Crippen LogP) is 2.86. The molecule has 0 amide bonds. The number of aromatic hydroxyl groups is 1. The molecule has 1 N–H and O–H groups in total. The summed E-state index contributed by atoms with van der Waals surface area (Å²) in [5.41, 5.74) is 0.979. The third kappa shape index (κ3) is 3.51. The molecule has 1 heterocycles. The number of carbonyl (C=O) groups is 1. The van der Waals surface area contributed by atoms with Crippen LogP contribution in [0.4, 0.5) is 0 Å². The maximum absolute atomic E-state index is 11.5. The molecule has 20 heavy (non-hydrogen) atoms. The molecule has 1 atom stereocenters. The molecule has 0 radical (unpaired) electrons. The van der Waals surface area contributed by atoms with E-state index < -0.39 is 0 Å². The minimum atomic E-state index is -0.181. The summed E-state index contributed by atoms with van der Waals surface area (Å²) in [4.78, 5) is 13.7. The van der Waals surface area contributed by atoms with Crippen LogP contribution in [0.1, 0.15) is 35.7 Å². The van der Waals surface area contributed by atoms with Crippen LogP contribution in [0, 0.1) is 0 Å². The third-order valence-corrected chi connectivity index (χ3v) is 3.94. The first-order chi connectivity index (χ1) is 9.51. The number of carbonyl (C=O) groups excluding carboxylic acids is 1. The molecule has 0 aromatic heterocycles. The quantitative estimate of drug-likeness (QED) is 0.868. The van der Waals surface area contributed by atoms with E-state index in [1.807, 2.05) is 0 Å². The van der Waals surface area contributed by atoms with Gasteiger partial charge in [-0.15, -0.1) is 0 Å². The number of hydrogen-bond donors (Lipinski definition) is 1. The van der Waals surface area contributed by atoms with Gasteiger partial charge in [0.2, 0.25) is 0 Å². The lowest BCUT2D eigenvalue weighted by atomic mass is 10.0. The van der Waals surface area contributed by atoms with Crippen LogP contribution in [0.25, 0.3) is 0 Å². The average molecular weight is 298 g/mol. The van der Waals surface area contributed by atoms with Crippen molar-refractivity contribution in [3.05, 3.63) is 28.3 Å². The largest absolute Gasteiger partial charge is 0.507 e. The standard InChI is InChI=1S/C15H20ClNO3/c1-10(18)14-7-12(16)6-11(15(14)19)8-17-5-3-4-13(9-17)20-2/h6-7,13,19H,3-5,8-9H2,1-2H3. The summed E-state index contributed by atoms with van der Waals surface area (Å²) in [6, 6.07) is 3.23. The first kappa shape index (κ1) is 15.3. The monoisotopic (exact) mass is 297 g/mol. The fraction of sp³-hybridized carbons (Fsp3) is 0.533. The Bertz CT molecular complexity index is 504. The van der Waals surface area contributed by atoms with E-state index in [0.717, 1.165) is 25.9 Å². The number of hydrogen-bond acceptors (Lipinski definition) is 4. The number of phenolic OH excluding ortho intramolecular Hbond substituents is 1. The minimum absolute atomic E-state index is 0.0430. The average Bonchev–Trinajstić information content (AvgIpc) is 2.42. The van der Waals surface area contributed by atoms with Gasteiger partial charge in [-0.25, -0.2) is 0 Å². The highest BCUT2D eigenvalue weighted by molar-refractivity contribution is 6.31. The molecule has 1 aromatic rings. The molecule has 5 heteroatoms. The highest BCUT2D eigenvalue weighted by atomic mass is 35.5. The molecule has 1 aliphatic rings. The van der Waals surface area contributed by atoms with Gasteiger partial charge in [-0.05, 0) is 38.4 Å². The van der Waals surface area contributed by atoms with Crippen molar-refractivity contribution in [2.75, 3.05) is 20.2 Å². The van der Waals surface area contributed by atoms with Gasteiger partial charge >= 0.3 is 0 Å². The van der Waals surface area contributed by atoms with Crippen LogP contribution >= 0.6 is 11.6 Å². The van der Waals surface area contributed by atoms with E-state index in [-0.39, 0.29) is 23.2 Å². The normalized spacial score (nSPS) is 20.1. The summed E-state index contributed by atoms with van der Waals surface area (Å²) < 4.78 is 5.39. The topological polar surface area (TPSA) is 49.8 Å². The first-order valence-electron chi connectivity index (χ1n) is 6.78. The Balaban J connectivity index is 2.18. The van der Waals surface area contributed by atoms with Crippen LogP contribution in [0.15, 0.2) is 12.1 Å². The number of nitrogens with zero attached hydrogens (tertiary/aromatic N) is 1. The number of halogens is 1. The van der Waals surface area contributed by atoms with Gasteiger partial charge in [0.05, 0.1) is 11.7 Å². The van der Waals surface area contributed by atoms with Gasteiger partial charge in [0.25, 0.3) is 0 Å². The Labute approximate surface area is 124 Å². The van der Waals surface area contributed by atoms with Crippen molar-refractivity contribution in [1.29, 1.82) is 0 Å². The second-order valence-corrected chi connectivity index (χ2v) is 5.69. The minimum Gasteiger partial charge on any atom is -0.507 e. The zero-order chi connectivity index (χ0) is 14.7. The summed E-state index contributed by atoms with van der Waals surface area (Å²) in [5.74, 6) is -0.138. The van der Waals surface area contributed by atoms with Gasteiger partial charge in [0, 0.05) is 30.8 Å². The fourth-order valence-corrected chi connectivity index (χ4v) is 2.88. The Kier molecular flexibility index (Phi) is 5.02. The van der Waals surface area contributed by atoms with Crippen molar-refractivity contribution in [3.8, 4) is 5.75 Å². The fourth-order valence-electron chi connectivity index (χ4n) is 2.63. The molecule has 110 valence electrons. The summed E-state index contributed by atoms with van der Waals surface area (Å²) in [5, 5.41) is 10.7. The predicted molar refractivity (Wildman–Crippen MR) is 78.4 cm³/mol. The summed E-state index contributed by atoms with van der Waals surface area (Å²) in [7, 11) is 1.72. The van der Waals surface area contributed by atoms with Crippen LogP contribution in [0.2, 0.25) is 5.02 Å². The number of likely N-dealkylation sites (tertiary alicyclic amines) is 1. The lowest BCUT2D eigenvalue weighted by molar-refractivity contribution is 0.0283. The van der Waals surface area contributed by atoms with Crippen molar-refractivity contribution in [3.63, 3.8) is 0 Å². The number of methoxy groups -OCH3 is 1. The van der Waals surface area contributed by atoms with Crippen LogP contribution < -0.4 is 0 Å². The summed E-state index contributed by atoms with van der Waals surface area (Å²) in [6.45, 7) is 3.79. The molecule has 1 saturated heterocycles. The molecule has 4 nitrogen and oxygen atoms in total. The molecule has 0 spiro atoms. The molecular formula is C15H20ClNO3. The number of ether oxygens (including phenoxy) is 1. The van der Waals surface area contributed by atoms with Crippen LogP contribution in [0.5, 0.6) is 5.75 Å². The maximum atomic E-state index is 11.5. The molecule has 1 aromatic carbocycles. The smallest absolute Gasteiger partial charge is 0.163 e. The maximum Gasteiger partial charge on any atom is 0.163 e. The van der Waals surface area contributed by atoms with Crippen LogP contribution in [-0.4, -0.2) is 42.1 Å². The van der Waals surface area contributed by atoms with Gasteiger partial charge < -0.3 is 9.84 Å². The van der Waals surface area contributed by atoms with Gasteiger partial charge in [0.1, 0.15) is 5.75 Å². The van der Waals surface area contributed by atoms with E-state index in [2.05, 4.69) is 4.90 Å². The third-order valence-electron chi connectivity index (χ3n) is 3.72. The number of rotatable bonds is 4. The van der Waals surface area contributed by atoms with Crippen LogP contribution in [-0.2, 0) is 11.3 Å². The lowest BCUT2D eigenvalue weighted by Gasteiger charge is -2.32. The number of phenols is 1. The number of piperidine rings is 1. The number of benzene rings is 1. The second kappa shape index (κ2) is 6.57. The van der Waals surface area contributed by atoms with Gasteiger partial charge in [0.15, 0.2) is 5.78 Å². The Morgan fingerprint density at radius 2 is 2.30 bits per heavy atom. The molecule has 0 bridgehead atoms. The molecule has 1 fully saturated rings. The van der Waals surface area contributed by atoms with E-state index in [9.17, 15) is 9.90 Å². The van der Waals surface area contributed by atoms with E-state index in [1.54, 1.807) is 13.2 Å². The van der Waals surface area contributed by atoms with Crippen molar-refractivity contribution >= 4 is 17.4 Å². The number of Topliss-reactive ketones (excluding diaryl/α,β-unsaturated/α-hetero) is 1. The van der Waals surface area contributed by atoms with Crippen molar-refractivity contribution in [1.82, 2.24) is 4.90 Å². The van der Waals surface area contributed by atoms with E-state index in [1.165, 1.54) is 13.0 Å². The molecular weight excluding hydrogens is 278 g/mol. The van der Waals surface area contributed by atoms with Gasteiger partial charge in [-0.2, -0.15) is 0 Å². The molecule has 0 saturated carbocycles. The van der Waals surface area contributed by atoms with E-state index in [0.29, 0.717) is 17.1 Å². The Hall–Kier alpha value is -1.10. The molecule has 1 aliphatic heterocycles. The van der Waals surface area contributed by atoms with Crippen molar-refractivity contribution < 1.29 is 14.6 Å². The molecule has 0 aliphatic carbocycles. The van der Waals surface area contributed by atoms with Gasteiger partial charge in [-0.1, -0.05) is 11.6 Å². The highest BCUT2D eigenvalue weighted by Gasteiger charge is 2.21. The van der Waals surface area contributed by atoms with E-state index >= 15 is 0 Å². The van der Waals surface area contributed by atoms with Gasteiger partial charge in [-0.3, -0.25) is 9.69 Å². The van der Waals surface area contributed by atoms with Crippen molar-refractivity contribution in [2.45, 2.75) is 32.4 Å². The number of ketones is 1. The molecule has 2 rings (SSSR count). The summed E-state index contributed by atoms with van der Waals surface area (Å²) >= 11 is 6.03. The zero-order valence-electron chi connectivity index (χ0n) is 11.9. The van der Waals surface area contributed by atoms with Crippen molar-refractivity contribution in [2.24, 2.45) is 0 Å².